The van der Waals surface area contributed by atoms with Crippen molar-refractivity contribution < 1.29 is 0 Å². The molecule has 74 valence electrons. The average Bonchev–Trinajstić information content (AvgIpc) is 2.65. The van der Waals surface area contributed by atoms with Gasteiger partial charge in [0, 0.05) is 17.0 Å². The number of rotatable bonds is 1. The summed E-state index contributed by atoms with van der Waals surface area (Å²) in [5.74, 6) is 0. The molecule has 1 saturated carbocycles. The maximum absolute atomic E-state index is 8.29. The molecule has 5 heteroatoms. The van der Waals surface area contributed by atoms with Crippen LogP contribution in [0.3, 0.4) is 0 Å². The molecule has 2 rings (SSSR count). The van der Waals surface area contributed by atoms with E-state index in [4.69, 9.17) is 5.53 Å². The number of halogens is 1. The van der Waals surface area contributed by atoms with Gasteiger partial charge in [-0.05, 0) is 24.8 Å². The van der Waals surface area contributed by atoms with Gasteiger partial charge in [-0.25, -0.2) is 0 Å². The zero-order valence-corrected chi connectivity index (χ0v) is 8.39. The van der Waals surface area contributed by atoms with Crippen molar-refractivity contribution in [3.63, 3.8) is 0 Å². The Bertz CT molecular complexity index is 218. The first-order chi connectivity index (χ1) is 5.85. The van der Waals surface area contributed by atoms with E-state index in [0.717, 1.165) is 13.0 Å². The standard InChI is InChI=1S/C8H14N4.ClH/c9-12-11-7-5-8(10-6-7)3-1-2-4-8;/h7,10H,1-6H2;1H. The van der Waals surface area contributed by atoms with Gasteiger partial charge in [0.05, 0.1) is 6.04 Å². The topological polar surface area (TPSA) is 60.8 Å². The quantitative estimate of drug-likeness (QED) is 0.396. The van der Waals surface area contributed by atoms with Gasteiger partial charge < -0.3 is 5.32 Å². The number of nitrogens with one attached hydrogen (secondary N) is 1. The molecule has 1 spiro atoms. The fourth-order valence-corrected chi connectivity index (χ4v) is 2.52. The fraction of sp³-hybridized carbons (Fsp3) is 1.00. The maximum atomic E-state index is 8.29. The summed E-state index contributed by atoms with van der Waals surface area (Å²) < 4.78 is 0. The van der Waals surface area contributed by atoms with Crippen LogP contribution in [0.15, 0.2) is 5.11 Å². The van der Waals surface area contributed by atoms with Crippen molar-refractivity contribution >= 4 is 12.4 Å². The fourth-order valence-electron chi connectivity index (χ4n) is 2.52. The molecule has 1 saturated heterocycles. The van der Waals surface area contributed by atoms with Crippen molar-refractivity contribution in [1.82, 2.24) is 5.32 Å². The predicted octanol–water partition coefficient (Wildman–Crippen LogP) is 2.39. The third-order valence-electron chi connectivity index (χ3n) is 3.11. The zero-order chi connectivity index (χ0) is 8.44. The van der Waals surface area contributed by atoms with Crippen LogP contribution in [-0.2, 0) is 0 Å². The smallest absolute Gasteiger partial charge is 0.0516 e. The molecule has 0 amide bonds. The molecule has 13 heavy (non-hydrogen) atoms. The van der Waals surface area contributed by atoms with Crippen LogP contribution in [0.1, 0.15) is 32.1 Å². The predicted molar refractivity (Wildman–Crippen MR) is 54.0 cm³/mol. The van der Waals surface area contributed by atoms with Crippen molar-refractivity contribution in [2.75, 3.05) is 6.54 Å². The number of azide groups is 1. The lowest BCUT2D eigenvalue weighted by Crippen LogP contribution is -2.35. The lowest BCUT2D eigenvalue weighted by atomic mass is 9.94. The number of hydrogen-bond donors (Lipinski definition) is 1. The molecule has 2 fully saturated rings. The van der Waals surface area contributed by atoms with E-state index in [1.165, 1.54) is 25.7 Å². The first-order valence-electron chi connectivity index (χ1n) is 4.64. The molecule has 1 N–H and O–H groups in total. The molecule has 0 radical (unpaired) electrons. The van der Waals surface area contributed by atoms with E-state index in [1.807, 2.05) is 0 Å². The van der Waals surface area contributed by atoms with Crippen LogP contribution < -0.4 is 5.32 Å². The number of hydrogen-bond acceptors (Lipinski definition) is 2. The van der Waals surface area contributed by atoms with Crippen molar-refractivity contribution in [3.05, 3.63) is 10.4 Å². The third kappa shape index (κ3) is 2.08. The summed E-state index contributed by atoms with van der Waals surface area (Å²) in [7, 11) is 0. The average molecular weight is 203 g/mol. The van der Waals surface area contributed by atoms with E-state index >= 15 is 0 Å². The SMILES string of the molecule is Cl.[N-]=[N+]=NC1CNC2(CCCC2)C1. The first kappa shape index (κ1) is 10.6. The molecular weight excluding hydrogens is 188 g/mol. The molecule has 4 nitrogen and oxygen atoms in total. The monoisotopic (exact) mass is 202 g/mol. The van der Waals surface area contributed by atoms with Crippen molar-refractivity contribution in [2.24, 2.45) is 5.11 Å². The van der Waals surface area contributed by atoms with E-state index in [9.17, 15) is 0 Å². The molecule has 0 aromatic rings. The normalized spacial score (nSPS) is 29.7. The second kappa shape index (κ2) is 4.18. The van der Waals surface area contributed by atoms with E-state index < -0.39 is 0 Å². The summed E-state index contributed by atoms with van der Waals surface area (Å²) in [4.78, 5) is 2.86. The molecule has 1 heterocycles. The highest BCUT2D eigenvalue weighted by Gasteiger charge is 2.40. The van der Waals surface area contributed by atoms with Gasteiger partial charge in [-0.3, -0.25) is 0 Å². The van der Waals surface area contributed by atoms with Gasteiger partial charge >= 0.3 is 0 Å². The van der Waals surface area contributed by atoms with Crippen LogP contribution in [0.2, 0.25) is 0 Å². The van der Waals surface area contributed by atoms with Crippen LogP contribution >= 0.6 is 12.4 Å². The molecule has 1 unspecified atom stereocenters. The van der Waals surface area contributed by atoms with Crippen LogP contribution in [0.5, 0.6) is 0 Å². The Kier molecular flexibility index (Phi) is 3.42. The van der Waals surface area contributed by atoms with Gasteiger partial charge in [0.2, 0.25) is 0 Å². The van der Waals surface area contributed by atoms with Gasteiger partial charge in [-0.2, -0.15) is 0 Å². The van der Waals surface area contributed by atoms with Gasteiger partial charge in [0.1, 0.15) is 0 Å². The molecule has 0 aromatic heterocycles. The number of nitrogens with zero attached hydrogens (tertiary/aromatic N) is 3. The first-order valence-corrected chi connectivity index (χ1v) is 4.64. The zero-order valence-electron chi connectivity index (χ0n) is 7.57. The Balaban J connectivity index is 0.000000845. The molecule has 1 atom stereocenters. The van der Waals surface area contributed by atoms with Crippen molar-refractivity contribution in [2.45, 2.75) is 43.7 Å². The Labute approximate surface area is 84.1 Å². The molecule has 2 aliphatic rings. The van der Waals surface area contributed by atoms with Crippen LogP contribution in [0.4, 0.5) is 0 Å². The minimum atomic E-state index is 0. The van der Waals surface area contributed by atoms with Gasteiger partial charge in [-0.1, -0.05) is 18.0 Å². The summed E-state index contributed by atoms with van der Waals surface area (Å²) in [6, 6.07) is 0.202. The summed E-state index contributed by atoms with van der Waals surface area (Å²) in [5, 5.41) is 7.26. The lowest BCUT2D eigenvalue weighted by molar-refractivity contribution is 0.384. The third-order valence-corrected chi connectivity index (χ3v) is 3.11. The van der Waals surface area contributed by atoms with E-state index in [2.05, 4.69) is 15.3 Å². The largest absolute Gasteiger partial charge is 0.311 e. The molecular formula is C8H15ClN4. The van der Waals surface area contributed by atoms with Crippen molar-refractivity contribution in [1.29, 1.82) is 0 Å². The maximum Gasteiger partial charge on any atom is 0.0516 e. The lowest BCUT2D eigenvalue weighted by Gasteiger charge is -2.22. The Morgan fingerprint density at radius 1 is 1.38 bits per heavy atom. The van der Waals surface area contributed by atoms with Gasteiger partial charge in [-0.15, -0.1) is 12.4 Å². The van der Waals surface area contributed by atoms with Gasteiger partial charge in [0.15, 0.2) is 0 Å². The Hall–Kier alpha value is -0.440. The minimum absolute atomic E-state index is 0. The Morgan fingerprint density at radius 3 is 2.69 bits per heavy atom. The molecule has 0 bridgehead atoms. The second-order valence-corrected chi connectivity index (χ2v) is 3.93. The minimum Gasteiger partial charge on any atom is -0.311 e. The van der Waals surface area contributed by atoms with Crippen LogP contribution in [0, 0.1) is 0 Å². The van der Waals surface area contributed by atoms with E-state index in [0.29, 0.717) is 5.54 Å². The van der Waals surface area contributed by atoms with Gasteiger partial charge in [0.25, 0.3) is 0 Å². The molecule has 0 aromatic carbocycles. The highest BCUT2D eigenvalue weighted by atomic mass is 35.5. The van der Waals surface area contributed by atoms with E-state index in [1.54, 1.807) is 0 Å². The van der Waals surface area contributed by atoms with Crippen molar-refractivity contribution in [3.8, 4) is 0 Å². The highest BCUT2D eigenvalue weighted by Crippen LogP contribution is 2.37. The van der Waals surface area contributed by atoms with E-state index in [-0.39, 0.29) is 18.4 Å². The highest BCUT2D eigenvalue weighted by molar-refractivity contribution is 5.85. The summed E-state index contributed by atoms with van der Waals surface area (Å²) in [6.07, 6.45) is 6.25. The Morgan fingerprint density at radius 2 is 2.08 bits per heavy atom. The molecule has 1 aliphatic heterocycles. The second-order valence-electron chi connectivity index (χ2n) is 3.93. The summed E-state index contributed by atoms with van der Waals surface area (Å²) >= 11 is 0. The summed E-state index contributed by atoms with van der Waals surface area (Å²) in [6.45, 7) is 0.879. The van der Waals surface area contributed by atoms with Crippen LogP contribution in [-0.4, -0.2) is 18.1 Å². The summed E-state index contributed by atoms with van der Waals surface area (Å²) in [5.41, 5.74) is 8.63. The van der Waals surface area contributed by atoms with Crippen LogP contribution in [0.25, 0.3) is 10.4 Å². The molecule has 1 aliphatic carbocycles.